The smallest absolute Gasteiger partial charge is 0.340 e. The molecule has 1 amide bonds. The van der Waals surface area contributed by atoms with Crippen LogP contribution < -0.4 is 15.8 Å². The molecule has 8 nitrogen and oxygen atoms in total. The van der Waals surface area contributed by atoms with Crippen LogP contribution in [0.5, 0.6) is 5.75 Å². The molecule has 0 saturated carbocycles. The average Bonchev–Trinajstić information content (AvgIpc) is 2.83. The van der Waals surface area contributed by atoms with Gasteiger partial charge in [-0.05, 0) is 49.1 Å². The maximum atomic E-state index is 13.4. The quantitative estimate of drug-likeness (QED) is 0.493. The lowest BCUT2D eigenvalue weighted by atomic mass is 9.70. The number of ether oxygens (including phenoxy) is 3. The molecule has 1 heterocycles. The van der Waals surface area contributed by atoms with Crippen molar-refractivity contribution in [1.82, 2.24) is 0 Å². The summed E-state index contributed by atoms with van der Waals surface area (Å²) in [5.74, 6) is -1.70. The molecule has 4 rings (SSSR count). The number of Topliss-reactive ketones (excluding diaryl/α,β-unsaturated/α-hetero) is 1. The standard InChI is InChI=1S/C29H31ClN2O6/c1-15-6-8-19(16(2)10-15)32-23(34)14-37-21-9-7-17(30)11-18(21)24-25-20(33)12-29(3,4)13-22(25)38-27(31)26(24)28(35)36-5/h6-11,24H,12-14,31H2,1-5H3,(H,32,34). The van der Waals surface area contributed by atoms with Gasteiger partial charge in [-0.15, -0.1) is 0 Å². The van der Waals surface area contributed by atoms with E-state index in [9.17, 15) is 14.4 Å². The minimum atomic E-state index is -0.939. The number of allylic oxidation sites excluding steroid dienone is 2. The van der Waals surface area contributed by atoms with Gasteiger partial charge in [0.1, 0.15) is 17.1 Å². The van der Waals surface area contributed by atoms with Gasteiger partial charge in [0.15, 0.2) is 12.4 Å². The number of ketones is 1. The number of rotatable bonds is 6. The highest BCUT2D eigenvalue weighted by molar-refractivity contribution is 6.30. The van der Waals surface area contributed by atoms with Gasteiger partial charge in [0.2, 0.25) is 5.88 Å². The second kappa shape index (κ2) is 10.5. The third kappa shape index (κ3) is 5.55. The van der Waals surface area contributed by atoms with Crippen molar-refractivity contribution in [3.8, 4) is 5.75 Å². The number of hydrogen-bond acceptors (Lipinski definition) is 7. The highest BCUT2D eigenvalue weighted by Gasteiger charge is 2.45. The third-order valence-corrected chi connectivity index (χ3v) is 6.89. The molecule has 1 unspecified atom stereocenters. The van der Waals surface area contributed by atoms with Crippen molar-refractivity contribution < 1.29 is 28.6 Å². The Morgan fingerprint density at radius 3 is 2.58 bits per heavy atom. The summed E-state index contributed by atoms with van der Waals surface area (Å²) < 4.78 is 16.7. The van der Waals surface area contributed by atoms with Crippen molar-refractivity contribution in [2.75, 3.05) is 19.0 Å². The van der Waals surface area contributed by atoms with E-state index in [1.165, 1.54) is 7.11 Å². The van der Waals surface area contributed by atoms with Crippen LogP contribution in [0.25, 0.3) is 0 Å². The SMILES string of the molecule is COC(=O)C1=C(N)OC2=C(C(=O)CC(C)(C)C2)C1c1cc(Cl)ccc1OCC(=O)Nc1ccc(C)cc1C. The van der Waals surface area contributed by atoms with Crippen LogP contribution in [-0.4, -0.2) is 31.4 Å². The second-order valence-corrected chi connectivity index (χ2v) is 10.9. The molecule has 3 N–H and O–H groups in total. The maximum absolute atomic E-state index is 13.4. The first-order chi connectivity index (χ1) is 17.9. The van der Waals surface area contributed by atoms with Gasteiger partial charge in [-0.1, -0.05) is 43.1 Å². The van der Waals surface area contributed by atoms with Gasteiger partial charge in [-0.25, -0.2) is 4.79 Å². The largest absolute Gasteiger partial charge is 0.483 e. The molecule has 38 heavy (non-hydrogen) atoms. The molecule has 200 valence electrons. The number of anilines is 1. The number of amides is 1. The van der Waals surface area contributed by atoms with E-state index in [2.05, 4.69) is 5.32 Å². The van der Waals surface area contributed by atoms with Crippen molar-refractivity contribution in [2.24, 2.45) is 11.1 Å². The molecule has 0 fully saturated rings. The summed E-state index contributed by atoms with van der Waals surface area (Å²) in [6, 6.07) is 10.5. The summed E-state index contributed by atoms with van der Waals surface area (Å²) in [5.41, 5.74) is 9.26. The summed E-state index contributed by atoms with van der Waals surface area (Å²) in [6.07, 6.45) is 0.712. The summed E-state index contributed by atoms with van der Waals surface area (Å²) in [7, 11) is 1.22. The molecule has 0 saturated heterocycles. The highest BCUT2D eigenvalue weighted by atomic mass is 35.5. The molecule has 1 aliphatic heterocycles. The average molecular weight is 539 g/mol. The Morgan fingerprint density at radius 2 is 1.89 bits per heavy atom. The van der Waals surface area contributed by atoms with Crippen LogP contribution in [0.3, 0.4) is 0 Å². The summed E-state index contributed by atoms with van der Waals surface area (Å²) >= 11 is 6.36. The zero-order valence-electron chi connectivity index (χ0n) is 22.1. The van der Waals surface area contributed by atoms with Crippen LogP contribution >= 0.6 is 11.6 Å². The van der Waals surface area contributed by atoms with Crippen molar-refractivity contribution in [3.05, 3.63) is 80.9 Å². The normalized spacial score (nSPS) is 18.5. The lowest BCUT2D eigenvalue weighted by molar-refractivity contribution is -0.136. The van der Waals surface area contributed by atoms with E-state index >= 15 is 0 Å². The van der Waals surface area contributed by atoms with Crippen molar-refractivity contribution in [1.29, 1.82) is 0 Å². The number of methoxy groups -OCH3 is 1. The lowest BCUT2D eigenvalue weighted by Crippen LogP contribution is -2.35. The first-order valence-electron chi connectivity index (χ1n) is 12.2. The van der Waals surface area contributed by atoms with E-state index in [-0.39, 0.29) is 47.3 Å². The lowest BCUT2D eigenvalue weighted by Gasteiger charge is -2.38. The molecule has 2 aliphatic rings. The summed E-state index contributed by atoms with van der Waals surface area (Å²) in [5, 5.41) is 3.20. The van der Waals surface area contributed by atoms with Gasteiger partial charge < -0.3 is 25.3 Å². The van der Waals surface area contributed by atoms with Crippen molar-refractivity contribution >= 4 is 34.9 Å². The molecular weight excluding hydrogens is 508 g/mol. The minimum Gasteiger partial charge on any atom is -0.483 e. The van der Waals surface area contributed by atoms with Gasteiger partial charge in [0.05, 0.1) is 13.0 Å². The molecule has 0 aromatic heterocycles. The van der Waals surface area contributed by atoms with Gasteiger partial charge >= 0.3 is 5.97 Å². The predicted molar refractivity (Wildman–Crippen MR) is 144 cm³/mol. The number of carbonyl (C=O) groups excluding carboxylic acids is 3. The van der Waals surface area contributed by atoms with E-state index in [0.29, 0.717) is 34.0 Å². The van der Waals surface area contributed by atoms with Crippen LogP contribution in [0.4, 0.5) is 5.69 Å². The number of nitrogens with two attached hydrogens (primary N) is 1. The van der Waals surface area contributed by atoms with Gasteiger partial charge in [0.25, 0.3) is 5.91 Å². The van der Waals surface area contributed by atoms with Crippen LogP contribution in [0, 0.1) is 19.3 Å². The number of carbonyl (C=O) groups is 3. The topological polar surface area (TPSA) is 117 Å². The Hall–Kier alpha value is -3.78. The number of aryl methyl sites for hydroxylation is 2. The monoisotopic (exact) mass is 538 g/mol. The zero-order valence-corrected chi connectivity index (χ0v) is 22.8. The fourth-order valence-electron chi connectivity index (χ4n) is 4.96. The van der Waals surface area contributed by atoms with Gasteiger partial charge in [-0.2, -0.15) is 0 Å². The molecule has 1 aliphatic carbocycles. The number of halogens is 1. The molecule has 1 atom stereocenters. The molecule has 0 bridgehead atoms. The number of hydrogen-bond donors (Lipinski definition) is 2. The number of benzene rings is 2. The molecule has 0 radical (unpaired) electrons. The predicted octanol–water partition coefficient (Wildman–Crippen LogP) is 5.07. The van der Waals surface area contributed by atoms with Crippen molar-refractivity contribution in [3.63, 3.8) is 0 Å². The van der Waals surface area contributed by atoms with Gasteiger partial charge in [0, 0.05) is 34.7 Å². The molecule has 9 heteroatoms. The Kier molecular flexibility index (Phi) is 7.56. The van der Waals surface area contributed by atoms with Crippen LogP contribution in [-0.2, 0) is 23.9 Å². The van der Waals surface area contributed by atoms with E-state index in [1.54, 1.807) is 18.2 Å². The van der Waals surface area contributed by atoms with E-state index in [1.807, 2.05) is 45.9 Å². The highest BCUT2D eigenvalue weighted by Crippen LogP contribution is 2.50. The molecule has 2 aromatic rings. The first kappa shape index (κ1) is 27.3. The minimum absolute atomic E-state index is 0.0221. The molecular formula is C29H31ClN2O6. The third-order valence-electron chi connectivity index (χ3n) is 6.66. The zero-order chi connectivity index (χ0) is 27.8. The first-order valence-corrected chi connectivity index (χ1v) is 12.6. The summed E-state index contributed by atoms with van der Waals surface area (Å²) in [6.45, 7) is 7.49. The van der Waals surface area contributed by atoms with Crippen LogP contribution in [0.15, 0.2) is 59.2 Å². The van der Waals surface area contributed by atoms with Gasteiger partial charge in [-0.3, -0.25) is 9.59 Å². The Labute approximate surface area is 226 Å². The molecule has 2 aromatic carbocycles. The maximum Gasteiger partial charge on any atom is 0.340 e. The van der Waals surface area contributed by atoms with E-state index in [4.69, 9.17) is 31.5 Å². The van der Waals surface area contributed by atoms with Crippen LogP contribution in [0.2, 0.25) is 5.02 Å². The van der Waals surface area contributed by atoms with E-state index in [0.717, 1.165) is 11.1 Å². The fourth-order valence-corrected chi connectivity index (χ4v) is 5.14. The number of esters is 1. The second-order valence-electron chi connectivity index (χ2n) is 10.4. The number of nitrogens with one attached hydrogen (secondary N) is 1. The Morgan fingerprint density at radius 1 is 1.16 bits per heavy atom. The molecule has 0 spiro atoms. The fraction of sp³-hybridized carbons (Fsp3) is 0.345. The van der Waals surface area contributed by atoms with Crippen molar-refractivity contribution in [2.45, 2.75) is 46.5 Å². The Bertz CT molecular complexity index is 1390. The van der Waals surface area contributed by atoms with Crippen LogP contribution in [0.1, 0.15) is 49.3 Å². The Balaban J connectivity index is 1.71. The van der Waals surface area contributed by atoms with E-state index < -0.39 is 11.9 Å². The summed E-state index contributed by atoms with van der Waals surface area (Å²) in [4.78, 5) is 39.1.